The van der Waals surface area contributed by atoms with Gasteiger partial charge < -0.3 is 15.4 Å². The van der Waals surface area contributed by atoms with Gasteiger partial charge in [-0.15, -0.1) is 0 Å². The first-order valence-corrected chi connectivity index (χ1v) is 5.69. The molecule has 0 spiro atoms. The molecular formula is C11H16Cl2N2O. The molecule has 0 amide bonds. The third-order valence-corrected chi connectivity index (χ3v) is 3.04. The Morgan fingerprint density at radius 3 is 2.31 bits per heavy atom. The molecule has 16 heavy (non-hydrogen) atoms. The standard InChI is InChI=1S/C11H16Cl2N2O/c1-7(6-16-3)15(2)11-9(12)4-8(14)5-10(11)13/h4-5,7H,6,14H2,1-3H3. The zero-order valence-electron chi connectivity index (χ0n) is 9.63. The van der Waals surface area contributed by atoms with Gasteiger partial charge in [0.05, 0.1) is 22.3 Å². The first-order valence-electron chi connectivity index (χ1n) is 4.93. The van der Waals surface area contributed by atoms with E-state index in [1.54, 1.807) is 19.2 Å². The smallest absolute Gasteiger partial charge is 0.0747 e. The average molecular weight is 263 g/mol. The quantitative estimate of drug-likeness (QED) is 0.848. The maximum atomic E-state index is 6.13. The number of ether oxygens (including phenoxy) is 1. The molecule has 0 saturated carbocycles. The number of hydrogen-bond acceptors (Lipinski definition) is 3. The van der Waals surface area contributed by atoms with Crippen molar-refractivity contribution in [1.82, 2.24) is 0 Å². The molecule has 0 aromatic heterocycles. The van der Waals surface area contributed by atoms with Crippen LogP contribution in [0.15, 0.2) is 12.1 Å². The lowest BCUT2D eigenvalue weighted by molar-refractivity contribution is 0.183. The normalized spacial score (nSPS) is 12.6. The SMILES string of the molecule is COCC(C)N(C)c1c(Cl)cc(N)cc1Cl. The first kappa shape index (κ1) is 13.4. The summed E-state index contributed by atoms with van der Waals surface area (Å²) in [6, 6.07) is 3.57. The molecule has 0 bridgehead atoms. The van der Waals surface area contributed by atoms with Crippen LogP contribution in [-0.2, 0) is 4.74 Å². The van der Waals surface area contributed by atoms with Crippen LogP contribution in [0.25, 0.3) is 0 Å². The van der Waals surface area contributed by atoms with Gasteiger partial charge in [0.2, 0.25) is 0 Å². The molecule has 0 aliphatic rings. The van der Waals surface area contributed by atoms with Gasteiger partial charge in [-0.3, -0.25) is 0 Å². The van der Waals surface area contributed by atoms with Crippen LogP contribution in [-0.4, -0.2) is 26.8 Å². The van der Waals surface area contributed by atoms with E-state index < -0.39 is 0 Å². The maximum Gasteiger partial charge on any atom is 0.0747 e. The Bertz CT molecular complexity index is 348. The van der Waals surface area contributed by atoms with Crippen LogP contribution in [0.3, 0.4) is 0 Å². The predicted octanol–water partition coefficient (Wildman–Crippen LogP) is 3.05. The van der Waals surface area contributed by atoms with Crippen molar-refractivity contribution in [1.29, 1.82) is 0 Å². The van der Waals surface area contributed by atoms with Gasteiger partial charge in [0.1, 0.15) is 0 Å². The van der Waals surface area contributed by atoms with Gasteiger partial charge in [-0.25, -0.2) is 0 Å². The van der Waals surface area contributed by atoms with E-state index in [-0.39, 0.29) is 6.04 Å². The highest BCUT2D eigenvalue weighted by Crippen LogP contribution is 2.36. The van der Waals surface area contributed by atoms with E-state index in [9.17, 15) is 0 Å². The number of nitrogen functional groups attached to an aromatic ring is 1. The minimum absolute atomic E-state index is 0.184. The van der Waals surface area contributed by atoms with Gasteiger partial charge in [-0.2, -0.15) is 0 Å². The molecule has 90 valence electrons. The topological polar surface area (TPSA) is 38.5 Å². The van der Waals surface area contributed by atoms with Gasteiger partial charge in [0.25, 0.3) is 0 Å². The fraction of sp³-hybridized carbons (Fsp3) is 0.455. The zero-order valence-corrected chi connectivity index (χ0v) is 11.1. The highest BCUT2D eigenvalue weighted by molar-refractivity contribution is 6.39. The second-order valence-electron chi connectivity index (χ2n) is 3.75. The monoisotopic (exact) mass is 262 g/mol. The van der Waals surface area contributed by atoms with Crippen molar-refractivity contribution in [3.63, 3.8) is 0 Å². The second-order valence-corrected chi connectivity index (χ2v) is 4.56. The van der Waals surface area contributed by atoms with Crippen LogP contribution in [0.1, 0.15) is 6.92 Å². The number of likely N-dealkylation sites (N-methyl/N-ethyl adjacent to an activating group) is 1. The molecule has 0 radical (unpaired) electrons. The number of benzene rings is 1. The third kappa shape index (κ3) is 2.94. The van der Waals surface area contributed by atoms with Crippen molar-refractivity contribution >= 4 is 34.6 Å². The van der Waals surface area contributed by atoms with Gasteiger partial charge in [-0.05, 0) is 19.1 Å². The minimum atomic E-state index is 0.184. The fourth-order valence-corrected chi connectivity index (χ4v) is 2.27. The summed E-state index contributed by atoms with van der Waals surface area (Å²) in [6.07, 6.45) is 0. The molecule has 0 fully saturated rings. The summed E-state index contributed by atoms with van der Waals surface area (Å²) >= 11 is 12.3. The Morgan fingerprint density at radius 2 is 1.88 bits per heavy atom. The molecule has 1 atom stereocenters. The highest BCUT2D eigenvalue weighted by Gasteiger charge is 2.16. The van der Waals surface area contributed by atoms with Crippen molar-refractivity contribution in [2.75, 3.05) is 31.4 Å². The van der Waals surface area contributed by atoms with Crippen molar-refractivity contribution in [2.24, 2.45) is 0 Å². The van der Waals surface area contributed by atoms with Crippen molar-refractivity contribution < 1.29 is 4.74 Å². The maximum absolute atomic E-state index is 6.13. The van der Waals surface area contributed by atoms with E-state index in [2.05, 4.69) is 0 Å². The van der Waals surface area contributed by atoms with E-state index in [4.69, 9.17) is 33.7 Å². The number of nitrogens with two attached hydrogens (primary N) is 1. The molecule has 0 aliphatic heterocycles. The zero-order chi connectivity index (χ0) is 12.3. The molecule has 1 rings (SSSR count). The Labute approximate surface area is 106 Å². The van der Waals surface area contributed by atoms with Crippen LogP contribution in [0.4, 0.5) is 11.4 Å². The molecule has 5 heteroatoms. The van der Waals surface area contributed by atoms with Gasteiger partial charge >= 0.3 is 0 Å². The van der Waals surface area contributed by atoms with Gasteiger partial charge in [-0.1, -0.05) is 23.2 Å². The number of methoxy groups -OCH3 is 1. The van der Waals surface area contributed by atoms with Gasteiger partial charge in [0.15, 0.2) is 0 Å². The average Bonchev–Trinajstić information content (AvgIpc) is 2.16. The van der Waals surface area contributed by atoms with Crippen LogP contribution in [0.2, 0.25) is 10.0 Å². The molecule has 1 unspecified atom stereocenters. The highest BCUT2D eigenvalue weighted by atomic mass is 35.5. The van der Waals surface area contributed by atoms with Crippen LogP contribution in [0.5, 0.6) is 0 Å². The lowest BCUT2D eigenvalue weighted by atomic mass is 10.2. The summed E-state index contributed by atoms with van der Waals surface area (Å²) in [6.45, 7) is 2.64. The molecular weight excluding hydrogens is 247 g/mol. The van der Waals surface area contributed by atoms with Crippen LogP contribution in [0, 0.1) is 0 Å². The predicted molar refractivity (Wildman–Crippen MR) is 70.6 cm³/mol. The van der Waals surface area contributed by atoms with Crippen molar-refractivity contribution in [3.8, 4) is 0 Å². The first-order chi connectivity index (χ1) is 7.47. The summed E-state index contributed by atoms with van der Waals surface area (Å²) in [5.74, 6) is 0. The summed E-state index contributed by atoms with van der Waals surface area (Å²) < 4.78 is 5.10. The molecule has 1 aromatic carbocycles. The number of nitrogens with zero attached hydrogens (tertiary/aromatic N) is 1. The number of halogens is 2. The van der Waals surface area contributed by atoms with E-state index in [0.29, 0.717) is 22.3 Å². The summed E-state index contributed by atoms with van der Waals surface area (Å²) in [5.41, 5.74) is 6.99. The van der Waals surface area contributed by atoms with Gasteiger partial charge in [0, 0.05) is 25.9 Å². The molecule has 0 saturated heterocycles. The van der Waals surface area contributed by atoms with Crippen LogP contribution < -0.4 is 10.6 Å². The number of hydrogen-bond donors (Lipinski definition) is 1. The van der Waals surface area contributed by atoms with Crippen LogP contribution >= 0.6 is 23.2 Å². The Kier molecular flexibility index (Phi) is 4.71. The minimum Gasteiger partial charge on any atom is -0.399 e. The third-order valence-electron chi connectivity index (χ3n) is 2.46. The fourth-order valence-electron chi connectivity index (χ4n) is 1.50. The molecule has 0 aliphatic carbocycles. The lowest BCUT2D eigenvalue weighted by Gasteiger charge is -2.28. The van der Waals surface area contributed by atoms with E-state index in [0.717, 1.165) is 5.69 Å². The Hall–Kier alpha value is -0.640. The summed E-state index contributed by atoms with van der Waals surface area (Å²) in [4.78, 5) is 1.98. The summed E-state index contributed by atoms with van der Waals surface area (Å²) in [5, 5.41) is 1.10. The number of rotatable bonds is 4. The molecule has 3 nitrogen and oxygen atoms in total. The van der Waals surface area contributed by atoms with E-state index >= 15 is 0 Å². The Morgan fingerprint density at radius 1 is 1.38 bits per heavy atom. The second kappa shape index (κ2) is 5.62. The molecule has 1 aromatic rings. The molecule has 2 N–H and O–H groups in total. The summed E-state index contributed by atoms with van der Waals surface area (Å²) in [7, 11) is 3.59. The van der Waals surface area contributed by atoms with Crippen molar-refractivity contribution in [3.05, 3.63) is 22.2 Å². The van der Waals surface area contributed by atoms with E-state index in [1.165, 1.54) is 0 Å². The van der Waals surface area contributed by atoms with E-state index in [1.807, 2.05) is 18.9 Å². The lowest BCUT2D eigenvalue weighted by Crippen LogP contribution is -2.33. The largest absolute Gasteiger partial charge is 0.399 e. The molecule has 0 heterocycles. The number of anilines is 2. The van der Waals surface area contributed by atoms with Crippen molar-refractivity contribution in [2.45, 2.75) is 13.0 Å². The Balaban J connectivity index is 3.03.